The molecule has 7 unspecified atom stereocenters. The molecule has 2 heterocycles. The van der Waals surface area contributed by atoms with Gasteiger partial charge in [0.2, 0.25) is 0 Å². The minimum Gasteiger partial charge on any atom is -0.465 e. The standard InChI is InChI=1S/C47H79NO8/c1-18-21-27-52-39(50)36(28-41(6,7)32(4)34-25-23-22-24-26-34)42(8,9)43(10,11)38(40(51)53-30-35-31-54-45(14,15)55-35)44(12,13)56-48-46(16,19-2)29-37(49)33(5)47(48,17)20-3/h22-26,32-33,35-36,38H,18-21,27-31H2,1-17H3. The van der Waals surface area contributed by atoms with Gasteiger partial charge in [0.1, 0.15) is 18.5 Å². The fraction of sp³-hybridized carbons (Fsp3) is 0.809. The van der Waals surface area contributed by atoms with Crippen molar-refractivity contribution in [2.45, 2.75) is 191 Å². The molecule has 0 aliphatic carbocycles. The molecular weight excluding hydrogens is 707 g/mol. The first kappa shape index (κ1) is 48.0. The molecule has 9 heteroatoms. The van der Waals surface area contributed by atoms with Crippen LogP contribution in [0.15, 0.2) is 30.3 Å². The van der Waals surface area contributed by atoms with E-state index in [2.05, 4.69) is 107 Å². The summed E-state index contributed by atoms with van der Waals surface area (Å²) in [4.78, 5) is 50.4. The number of Topliss-reactive ketones (excluding diaryl/α,β-unsaturated/α-hetero) is 1. The Morgan fingerprint density at radius 2 is 1.50 bits per heavy atom. The van der Waals surface area contributed by atoms with Gasteiger partial charge in [-0.05, 0) is 95.0 Å². The van der Waals surface area contributed by atoms with Crippen molar-refractivity contribution in [1.82, 2.24) is 5.06 Å². The summed E-state index contributed by atoms with van der Waals surface area (Å²) in [5.74, 6) is -2.85. The second kappa shape index (κ2) is 17.9. The average molecular weight is 786 g/mol. The molecule has 0 bridgehead atoms. The lowest BCUT2D eigenvalue weighted by Crippen LogP contribution is -2.69. The minimum atomic E-state index is -1.17. The van der Waals surface area contributed by atoms with Crippen molar-refractivity contribution in [3.05, 3.63) is 35.9 Å². The van der Waals surface area contributed by atoms with Gasteiger partial charge in [-0.15, -0.1) is 0 Å². The summed E-state index contributed by atoms with van der Waals surface area (Å²) in [6.45, 7) is 35.7. The van der Waals surface area contributed by atoms with E-state index < -0.39 is 57.2 Å². The number of esters is 2. The fourth-order valence-corrected chi connectivity index (χ4v) is 9.28. The molecule has 0 aromatic heterocycles. The van der Waals surface area contributed by atoms with Gasteiger partial charge in [-0.25, -0.2) is 0 Å². The molecule has 7 atom stereocenters. The number of carbonyl (C=O) groups excluding carboxylic acids is 3. The van der Waals surface area contributed by atoms with Crippen LogP contribution in [0.3, 0.4) is 0 Å². The molecule has 2 fully saturated rings. The van der Waals surface area contributed by atoms with E-state index in [1.807, 2.05) is 45.7 Å². The summed E-state index contributed by atoms with van der Waals surface area (Å²) in [6.07, 6.45) is 3.48. The Labute approximate surface area is 340 Å². The van der Waals surface area contributed by atoms with Crippen molar-refractivity contribution < 1.29 is 38.2 Å². The first-order valence-electron chi connectivity index (χ1n) is 21.4. The van der Waals surface area contributed by atoms with Gasteiger partial charge in [0.05, 0.1) is 41.7 Å². The second-order valence-electron chi connectivity index (χ2n) is 20.3. The van der Waals surface area contributed by atoms with Crippen molar-refractivity contribution in [1.29, 1.82) is 0 Å². The van der Waals surface area contributed by atoms with E-state index in [0.717, 1.165) is 12.8 Å². The highest BCUT2D eigenvalue weighted by Crippen LogP contribution is 2.58. The zero-order valence-corrected chi connectivity index (χ0v) is 38.4. The number of hydroxylamine groups is 2. The topological polar surface area (TPSA) is 101 Å². The second-order valence-corrected chi connectivity index (χ2v) is 20.3. The Kier molecular flexibility index (Phi) is 15.3. The van der Waals surface area contributed by atoms with Crippen LogP contribution in [0, 0.1) is 34.0 Å². The Morgan fingerprint density at radius 3 is 2.02 bits per heavy atom. The molecule has 0 spiro atoms. The Morgan fingerprint density at radius 1 is 0.893 bits per heavy atom. The summed E-state index contributed by atoms with van der Waals surface area (Å²) in [5, 5.41) is 2.05. The number of hydrogen-bond donors (Lipinski definition) is 0. The van der Waals surface area contributed by atoms with Crippen LogP contribution in [0.1, 0.15) is 168 Å². The molecule has 320 valence electrons. The first-order valence-corrected chi connectivity index (χ1v) is 21.4. The smallest absolute Gasteiger partial charge is 0.312 e. The lowest BCUT2D eigenvalue weighted by Gasteiger charge is -2.60. The largest absolute Gasteiger partial charge is 0.465 e. The highest BCUT2D eigenvalue weighted by molar-refractivity contribution is 5.84. The Balaban J connectivity index is 2.19. The highest BCUT2D eigenvalue weighted by Gasteiger charge is 2.62. The lowest BCUT2D eigenvalue weighted by molar-refractivity contribution is -0.354. The number of unbranched alkanes of at least 4 members (excludes halogenated alkanes) is 1. The monoisotopic (exact) mass is 786 g/mol. The number of piperidine rings is 1. The number of hydrogen-bond acceptors (Lipinski definition) is 9. The van der Waals surface area contributed by atoms with Crippen molar-refractivity contribution >= 4 is 17.7 Å². The SMILES string of the molecule is CCCCOC(=O)C(CC(C)(C)C(C)c1ccccc1)C(C)(C)C(C)(C)C(C(=O)OCC1COC(C)(C)O1)C(C)(C)ON1C(C)(CC)CC(=O)C(C)C1(C)CC. The molecule has 1 aromatic carbocycles. The third-order valence-corrected chi connectivity index (χ3v) is 14.6. The third-order valence-electron chi connectivity index (χ3n) is 14.6. The molecule has 0 radical (unpaired) electrons. The maximum Gasteiger partial charge on any atom is 0.312 e. The number of nitrogens with zero attached hydrogens (tertiary/aromatic N) is 1. The quantitative estimate of drug-likeness (QED) is 0.100. The van der Waals surface area contributed by atoms with Crippen molar-refractivity contribution in [2.24, 2.45) is 34.0 Å². The Hall–Kier alpha value is -2.33. The summed E-state index contributed by atoms with van der Waals surface area (Å²) in [7, 11) is 0. The number of rotatable bonds is 19. The lowest BCUT2D eigenvalue weighted by atomic mass is 9.51. The van der Waals surface area contributed by atoms with Crippen LogP contribution in [-0.4, -0.2) is 71.2 Å². The van der Waals surface area contributed by atoms with Gasteiger partial charge < -0.3 is 18.9 Å². The zero-order valence-electron chi connectivity index (χ0n) is 38.4. The molecular formula is C47H79NO8. The van der Waals surface area contributed by atoms with Crippen molar-refractivity contribution in [2.75, 3.05) is 19.8 Å². The molecule has 2 aliphatic heterocycles. The van der Waals surface area contributed by atoms with Gasteiger partial charge in [0.25, 0.3) is 0 Å². The van der Waals surface area contributed by atoms with Crippen LogP contribution in [-0.2, 0) is 38.2 Å². The van der Waals surface area contributed by atoms with Gasteiger partial charge in [0.15, 0.2) is 5.79 Å². The normalized spacial score (nSPS) is 26.8. The molecule has 1 aromatic rings. The molecule has 0 N–H and O–H groups in total. The van der Waals surface area contributed by atoms with Gasteiger partial charge in [-0.2, -0.15) is 5.06 Å². The van der Waals surface area contributed by atoms with Gasteiger partial charge >= 0.3 is 11.9 Å². The van der Waals surface area contributed by atoms with E-state index in [4.69, 9.17) is 23.8 Å². The summed E-state index contributed by atoms with van der Waals surface area (Å²) < 4.78 is 24.2. The van der Waals surface area contributed by atoms with E-state index >= 15 is 4.79 Å². The summed E-state index contributed by atoms with van der Waals surface area (Å²) in [6, 6.07) is 10.4. The molecule has 3 rings (SSSR count). The predicted octanol–water partition coefficient (Wildman–Crippen LogP) is 10.5. The number of ether oxygens (including phenoxy) is 4. The maximum absolute atomic E-state index is 15.0. The first-order chi connectivity index (χ1) is 25.7. The van der Waals surface area contributed by atoms with Crippen LogP contribution >= 0.6 is 0 Å². The fourth-order valence-electron chi connectivity index (χ4n) is 9.28. The van der Waals surface area contributed by atoms with Gasteiger partial charge in [-0.1, -0.05) is 113 Å². The highest BCUT2D eigenvalue weighted by atomic mass is 16.7. The molecule has 2 aliphatic rings. The molecule has 2 saturated heterocycles. The van der Waals surface area contributed by atoms with E-state index in [0.29, 0.717) is 38.9 Å². The summed E-state index contributed by atoms with van der Waals surface area (Å²) >= 11 is 0. The van der Waals surface area contributed by atoms with Crippen molar-refractivity contribution in [3.8, 4) is 0 Å². The average Bonchev–Trinajstić information content (AvgIpc) is 3.48. The Bertz CT molecular complexity index is 1480. The number of ketones is 1. The van der Waals surface area contributed by atoms with Gasteiger partial charge in [-0.3, -0.25) is 19.2 Å². The van der Waals surface area contributed by atoms with Crippen LogP contribution in [0.2, 0.25) is 0 Å². The zero-order chi connectivity index (χ0) is 42.7. The number of benzene rings is 1. The van der Waals surface area contributed by atoms with E-state index in [1.165, 1.54) is 5.56 Å². The minimum absolute atomic E-state index is 0.0179. The van der Waals surface area contributed by atoms with Crippen LogP contribution in [0.25, 0.3) is 0 Å². The maximum atomic E-state index is 15.0. The summed E-state index contributed by atoms with van der Waals surface area (Å²) in [5.41, 5.74) is -3.25. The van der Waals surface area contributed by atoms with Crippen molar-refractivity contribution in [3.63, 3.8) is 0 Å². The number of carbonyl (C=O) groups is 3. The van der Waals surface area contributed by atoms with Gasteiger partial charge in [0, 0.05) is 12.3 Å². The third kappa shape index (κ3) is 10.1. The molecule has 9 nitrogen and oxygen atoms in total. The molecule has 0 saturated carbocycles. The van der Waals surface area contributed by atoms with Crippen LogP contribution in [0.5, 0.6) is 0 Å². The molecule has 0 amide bonds. The van der Waals surface area contributed by atoms with Crippen LogP contribution < -0.4 is 0 Å². The van der Waals surface area contributed by atoms with Crippen LogP contribution in [0.4, 0.5) is 0 Å². The van der Waals surface area contributed by atoms with E-state index in [-0.39, 0.29) is 35.6 Å². The molecule has 56 heavy (non-hydrogen) atoms. The predicted molar refractivity (Wildman–Crippen MR) is 223 cm³/mol. The van der Waals surface area contributed by atoms with E-state index in [9.17, 15) is 9.59 Å². The van der Waals surface area contributed by atoms with E-state index in [1.54, 1.807) is 0 Å².